The van der Waals surface area contributed by atoms with Gasteiger partial charge in [0.2, 0.25) is 0 Å². The van der Waals surface area contributed by atoms with Gasteiger partial charge in [0, 0.05) is 42.5 Å². The zero-order chi connectivity index (χ0) is 21.5. The maximum Gasteiger partial charge on any atom is 0.187 e. The van der Waals surface area contributed by atoms with E-state index in [1.165, 1.54) is 25.1 Å². The van der Waals surface area contributed by atoms with E-state index in [0.717, 1.165) is 18.5 Å². The van der Waals surface area contributed by atoms with Crippen LogP contribution in [-0.2, 0) is 0 Å². The Morgan fingerprint density at radius 2 is 1.39 bits per heavy atom. The van der Waals surface area contributed by atoms with Crippen molar-refractivity contribution < 1.29 is 9.84 Å². The molecule has 0 fully saturated rings. The van der Waals surface area contributed by atoms with Crippen LogP contribution in [-0.4, -0.2) is 5.11 Å². The summed E-state index contributed by atoms with van der Waals surface area (Å²) >= 11 is 4.42. The first-order chi connectivity index (χ1) is 15.0. The second kappa shape index (κ2) is 8.60. The Balaban J connectivity index is 1.50. The number of rotatable bonds is 4. The molecule has 154 valence electrons. The van der Waals surface area contributed by atoms with Crippen LogP contribution in [0.4, 0.5) is 0 Å². The van der Waals surface area contributed by atoms with E-state index in [1.54, 1.807) is 0 Å². The first kappa shape index (κ1) is 21.0. The van der Waals surface area contributed by atoms with Crippen LogP contribution in [0.25, 0.3) is 25.1 Å². The first-order valence-corrected chi connectivity index (χ1v) is 13.3. The number of aromatic hydroxyl groups is 1. The molecule has 0 saturated heterocycles. The van der Waals surface area contributed by atoms with Crippen molar-refractivity contribution in [2.75, 3.05) is 0 Å². The number of benzene rings is 4. The second-order valence-electron chi connectivity index (χ2n) is 7.36. The summed E-state index contributed by atoms with van der Waals surface area (Å²) in [6, 6.07) is 29.7. The van der Waals surface area contributed by atoms with E-state index >= 15 is 0 Å². The third-order valence-electron chi connectivity index (χ3n) is 5.37. The fourth-order valence-electron chi connectivity index (χ4n) is 3.92. The minimum atomic E-state index is -0.246. The molecule has 1 heterocycles. The van der Waals surface area contributed by atoms with E-state index in [2.05, 4.69) is 106 Å². The van der Waals surface area contributed by atoms with Crippen molar-refractivity contribution in [1.29, 1.82) is 0 Å². The molecule has 0 aliphatic rings. The topological polar surface area (TPSA) is 29.5 Å². The number of phenols is 1. The van der Waals surface area contributed by atoms with Crippen LogP contribution >= 0.6 is 55.7 Å². The number of fused-ring (bicyclic) bond motifs is 3. The largest absolute Gasteiger partial charge is 0.506 e. The minimum Gasteiger partial charge on any atom is -0.506 e. The lowest BCUT2D eigenvalue weighted by molar-refractivity contribution is 0.221. The van der Waals surface area contributed by atoms with Gasteiger partial charge in [-0.05, 0) is 101 Å². The molecule has 2 nitrogen and oxygen atoms in total. The average molecular weight is 649 g/mol. The summed E-state index contributed by atoms with van der Waals surface area (Å²) in [5, 5.41) is 13.1. The van der Waals surface area contributed by atoms with Crippen LogP contribution in [0.5, 0.6) is 11.5 Å². The summed E-state index contributed by atoms with van der Waals surface area (Å²) < 4.78 is 10.9. The summed E-state index contributed by atoms with van der Waals surface area (Å²) in [7, 11) is -0.105. The van der Waals surface area contributed by atoms with Gasteiger partial charge in [-0.25, -0.2) is 0 Å². The maximum absolute atomic E-state index is 10.5. The van der Waals surface area contributed by atoms with Gasteiger partial charge in [-0.1, -0.05) is 24.3 Å². The molecular formula is C26H19I2O2S+. The van der Waals surface area contributed by atoms with Gasteiger partial charge < -0.3 is 9.84 Å². The van der Waals surface area contributed by atoms with Crippen molar-refractivity contribution in [2.45, 2.75) is 13.0 Å². The molecule has 1 unspecified atom stereocenters. The number of halogens is 2. The summed E-state index contributed by atoms with van der Waals surface area (Å²) in [5.41, 5.74) is 0.806. The summed E-state index contributed by atoms with van der Waals surface area (Å²) in [4.78, 5) is 1.28. The van der Waals surface area contributed by atoms with Gasteiger partial charge >= 0.3 is 0 Å². The van der Waals surface area contributed by atoms with Gasteiger partial charge in [0.25, 0.3) is 0 Å². The van der Waals surface area contributed by atoms with E-state index in [-0.39, 0.29) is 16.6 Å². The van der Waals surface area contributed by atoms with Crippen molar-refractivity contribution in [3.8, 4) is 16.4 Å². The molecule has 1 atom stereocenters. The first-order valence-electron chi connectivity index (χ1n) is 9.90. The molecule has 5 rings (SSSR count). The molecule has 0 saturated carbocycles. The van der Waals surface area contributed by atoms with Gasteiger partial charge in [-0.3, -0.25) is 0 Å². The Kier molecular flexibility index (Phi) is 5.83. The fourth-order valence-corrected chi connectivity index (χ4v) is 8.19. The normalized spacial score (nSPS) is 12.4. The van der Waals surface area contributed by atoms with Gasteiger partial charge in [0.1, 0.15) is 17.6 Å². The highest BCUT2D eigenvalue weighted by Gasteiger charge is 2.23. The third kappa shape index (κ3) is 3.91. The van der Waals surface area contributed by atoms with E-state index in [1.807, 2.05) is 31.2 Å². The van der Waals surface area contributed by atoms with Gasteiger partial charge in [0.15, 0.2) is 14.3 Å². The zero-order valence-electron chi connectivity index (χ0n) is 16.7. The smallest absolute Gasteiger partial charge is 0.187 e. The Morgan fingerprint density at radius 1 is 0.806 bits per heavy atom. The minimum absolute atomic E-state index is 0.105. The molecule has 0 bridgehead atoms. The van der Waals surface area contributed by atoms with Crippen molar-refractivity contribution in [2.24, 2.45) is 0 Å². The molecule has 5 aromatic rings. The molecule has 0 amide bonds. The molecule has 31 heavy (non-hydrogen) atoms. The molecule has 0 aliphatic carbocycles. The van der Waals surface area contributed by atoms with Crippen LogP contribution in [0, 0.1) is 7.14 Å². The summed E-state index contributed by atoms with van der Waals surface area (Å²) in [5.74, 6) is 1.10. The Hall–Kier alpha value is -1.84. The molecular weight excluding hydrogens is 630 g/mol. The quantitative estimate of drug-likeness (QED) is 0.156. The van der Waals surface area contributed by atoms with E-state index in [0.29, 0.717) is 5.75 Å². The van der Waals surface area contributed by atoms with Crippen LogP contribution in [0.1, 0.15) is 18.6 Å². The highest BCUT2D eigenvalue weighted by molar-refractivity contribution is 14.1. The lowest BCUT2D eigenvalue weighted by Crippen LogP contribution is -2.04. The highest BCUT2D eigenvalue weighted by Crippen LogP contribution is 2.48. The number of phenolic OH excluding ortho intramolecular Hbond substituents is 1. The van der Waals surface area contributed by atoms with Crippen molar-refractivity contribution in [3.05, 3.63) is 97.6 Å². The fraction of sp³-hybridized carbons (Fsp3) is 0.0769. The van der Waals surface area contributed by atoms with Crippen LogP contribution < -0.4 is 4.74 Å². The van der Waals surface area contributed by atoms with E-state index in [9.17, 15) is 5.11 Å². The van der Waals surface area contributed by atoms with E-state index in [4.69, 9.17) is 4.74 Å². The Morgan fingerprint density at radius 3 is 2.00 bits per heavy atom. The molecule has 4 aromatic carbocycles. The summed E-state index contributed by atoms with van der Waals surface area (Å²) in [6.45, 7) is 1.97. The number of hydrogen-bond donors (Lipinski definition) is 1. The predicted molar refractivity (Wildman–Crippen MR) is 148 cm³/mol. The standard InChI is InChI=1S/C26H18I2O2S/c1-16(22-14-17(27)15-23(28)26(22)29)30-18-10-12-19(13-11-18)31-24-8-4-2-6-20(24)21-7-3-5-9-25(21)31/h2-16H,1H3/p+1. The van der Waals surface area contributed by atoms with Crippen LogP contribution in [0.3, 0.4) is 0 Å². The van der Waals surface area contributed by atoms with Crippen molar-refractivity contribution >= 4 is 75.8 Å². The molecule has 0 spiro atoms. The zero-order valence-corrected chi connectivity index (χ0v) is 21.8. The van der Waals surface area contributed by atoms with E-state index < -0.39 is 0 Å². The highest BCUT2D eigenvalue weighted by atomic mass is 127. The molecule has 1 aromatic heterocycles. The predicted octanol–water partition coefficient (Wildman–Crippen LogP) is 8.79. The third-order valence-corrected chi connectivity index (χ3v) is 9.15. The molecule has 0 aliphatic heterocycles. The lowest BCUT2D eigenvalue weighted by atomic mass is 10.1. The van der Waals surface area contributed by atoms with Gasteiger partial charge in [-0.2, -0.15) is 0 Å². The number of hydrogen-bond acceptors (Lipinski definition) is 2. The van der Waals surface area contributed by atoms with Crippen molar-refractivity contribution in [3.63, 3.8) is 0 Å². The number of thiophene rings is 1. The lowest BCUT2D eigenvalue weighted by Gasteiger charge is -2.17. The van der Waals surface area contributed by atoms with Gasteiger partial charge in [0.05, 0.1) is 3.57 Å². The Bertz CT molecular complexity index is 1350. The molecule has 1 N–H and O–H groups in total. The average Bonchev–Trinajstić information content (AvgIpc) is 3.11. The molecule has 5 heteroatoms. The second-order valence-corrected chi connectivity index (χ2v) is 11.7. The van der Waals surface area contributed by atoms with Crippen molar-refractivity contribution in [1.82, 2.24) is 0 Å². The van der Waals surface area contributed by atoms with Crippen LogP contribution in [0.2, 0.25) is 0 Å². The monoisotopic (exact) mass is 649 g/mol. The summed E-state index contributed by atoms with van der Waals surface area (Å²) in [6.07, 6.45) is -0.246. The maximum atomic E-state index is 10.5. The Labute approximate surface area is 211 Å². The van der Waals surface area contributed by atoms with Crippen LogP contribution in [0.15, 0.2) is 84.9 Å². The SMILES string of the molecule is CC(Oc1ccc(-[s+]2c3ccccc3c3ccccc32)cc1)c1cc(I)cc(I)c1O. The molecule has 0 radical (unpaired) electrons. The van der Waals surface area contributed by atoms with Gasteiger partial charge in [-0.15, -0.1) is 0 Å². The number of ether oxygens (including phenoxy) is 1.